The Morgan fingerprint density at radius 3 is 2.95 bits per heavy atom. The van der Waals surface area contributed by atoms with E-state index in [4.69, 9.17) is 4.74 Å². The van der Waals surface area contributed by atoms with Gasteiger partial charge in [-0.05, 0) is 28.4 Å². The molecule has 2 aromatic heterocycles. The molecule has 0 saturated heterocycles. The topological polar surface area (TPSA) is 77.0 Å². The van der Waals surface area contributed by atoms with Gasteiger partial charge >= 0.3 is 11.1 Å². The van der Waals surface area contributed by atoms with Crippen molar-refractivity contribution in [2.75, 3.05) is 13.2 Å². The Labute approximate surface area is 117 Å². The van der Waals surface area contributed by atoms with Crippen molar-refractivity contribution < 1.29 is 4.74 Å². The fourth-order valence-electron chi connectivity index (χ4n) is 1.75. The van der Waals surface area contributed by atoms with Gasteiger partial charge in [0.2, 0.25) is 0 Å². The SMILES string of the molecule is CCCOCCn1c(=O)c(=O)[nH]c2ncc(Br)cc21. The van der Waals surface area contributed by atoms with Crippen LogP contribution in [0.15, 0.2) is 26.3 Å². The monoisotopic (exact) mass is 327 g/mol. The van der Waals surface area contributed by atoms with E-state index in [9.17, 15) is 9.59 Å². The fraction of sp³-hybridized carbons (Fsp3) is 0.417. The van der Waals surface area contributed by atoms with Crippen LogP contribution < -0.4 is 11.1 Å². The molecule has 0 atom stereocenters. The van der Waals surface area contributed by atoms with Crippen molar-refractivity contribution in [3.05, 3.63) is 37.4 Å². The van der Waals surface area contributed by atoms with Gasteiger partial charge in [-0.1, -0.05) is 6.92 Å². The minimum absolute atomic E-state index is 0.331. The van der Waals surface area contributed by atoms with Crippen molar-refractivity contribution in [3.8, 4) is 0 Å². The molecule has 0 aromatic carbocycles. The molecule has 2 heterocycles. The zero-order valence-corrected chi connectivity index (χ0v) is 12.1. The fourth-order valence-corrected chi connectivity index (χ4v) is 2.07. The van der Waals surface area contributed by atoms with Crippen LogP contribution in [0, 0.1) is 0 Å². The Bertz CT molecular complexity index is 693. The highest BCUT2D eigenvalue weighted by molar-refractivity contribution is 9.10. The van der Waals surface area contributed by atoms with E-state index in [0.717, 1.165) is 10.9 Å². The number of H-pyrrole nitrogens is 1. The number of halogens is 1. The van der Waals surface area contributed by atoms with Crippen molar-refractivity contribution in [3.63, 3.8) is 0 Å². The molecule has 1 N–H and O–H groups in total. The minimum Gasteiger partial charge on any atom is -0.380 e. The summed E-state index contributed by atoms with van der Waals surface area (Å²) >= 11 is 3.30. The average Bonchev–Trinajstić information content (AvgIpc) is 2.39. The molecular formula is C12H14BrN3O3. The maximum absolute atomic E-state index is 11.9. The maximum atomic E-state index is 11.9. The molecule has 0 fully saturated rings. The Hall–Kier alpha value is -1.47. The largest absolute Gasteiger partial charge is 0.380 e. The Balaban J connectivity index is 2.44. The number of nitrogens with zero attached hydrogens (tertiary/aromatic N) is 2. The molecule has 0 saturated carbocycles. The molecule has 0 aliphatic carbocycles. The van der Waals surface area contributed by atoms with Crippen LogP contribution in [0.5, 0.6) is 0 Å². The van der Waals surface area contributed by atoms with Gasteiger partial charge in [-0.2, -0.15) is 0 Å². The second-order valence-electron chi connectivity index (χ2n) is 4.04. The van der Waals surface area contributed by atoms with Crippen molar-refractivity contribution in [2.24, 2.45) is 0 Å². The number of rotatable bonds is 5. The first-order valence-corrected chi connectivity index (χ1v) is 6.79. The predicted octanol–water partition coefficient (Wildman–Crippen LogP) is 1.27. The number of aromatic amines is 1. The standard InChI is InChI=1S/C12H14BrN3O3/c1-2-4-19-5-3-16-9-6-8(13)7-14-10(9)15-11(17)12(16)18/h6-7H,2-5H2,1H3,(H,14,15,17). The predicted molar refractivity (Wildman–Crippen MR) is 75.4 cm³/mol. The van der Waals surface area contributed by atoms with Crippen molar-refractivity contribution in [2.45, 2.75) is 19.9 Å². The van der Waals surface area contributed by atoms with Gasteiger partial charge < -0.3 is 9.72 Å². The number of hydrogen-bond donors (Lipinski definition) is 1. The Morgan fingerprint density at radius 1 is 1.42 bits per heavy atom. The van der Waals surface area contributed by atoms with E-state index in [2.05, 4.69) is 25.9 Å². The van der Waals surface area contributed by atoms with Crippen LogP contribution in [0.2, 0.25) is 0 Å². The molecule has 0 radical (unpaired) electrons. The number of nitrogens with one attached hydrogen (secondary N) is 1. The van der Waals surface area contributed by atoms with Crippen LogP contribution in [-0.2, 0) is 11.3 Å². The molecule has 2 aromatic rings. The van der Waals surface area contributed by atoms with Gasteiger partial charge in [0.15, 0.2) is 5.65 Å². The zero-order chi connectivity index (χ0) is 13.8. The summed E-state index contributed by atoms with van der Waals surface area (Å²) < 4.78 is 7.49. The van der Waals surface area contributed by atoms with Crippen LogP contribution in [-0.4, -0.2) is 27.7 Å². The molecule has 0 aliphatic heterocycles. The van der Waals surface area contributed by atoms with Crippen LogP contribution in [0.3, 0.4) is 0 Å². The molecule has 0 unspecified atom stereocenters. The van der Waals surface area contributed by atoms with Crippen LogP contribution in [0.4, 0.5) is 0 Å². The molecule has 6 nitrogen and oxygen atoms in total. The van der Waals surface area contributed by atoms with Gasteiger partial charge in [0, 0.05) is 23.8 Å². The summed E-state index contributed by atoms with van der Waals surface area (Å²) in [5.74, 6) is 0. The smallest absolute Gasteiger partial charge is 0.316 e. The van der Waals surface area contributed by atoms with Crippen molar-refractivity contribution in [1.29, 1.82) is 0 Å². The van der Waals surface area contributed by atoms with Crippen LogP contribution in [0.25, 0.3) is 11.2 Å². The molecule has 19 heavy (non-hydrogen) atoms. The highest BCUT2D eigenvalue weighted by Gasteiger charge is 2.08. The lowest BCUT2D eigenvalue weighted by molar-refractivity contribution is 0.127. The second-order valence-corrected chi connectivity index (χ2v) is 4.96. The zero-order valence-electron chi connectivity index (χ0n) is 10.5. The number of aromatic nitrogens is 3. The lowest BCUT2D eigenvalue weighted by Crippen LogP contribution is -2.37. The van der Waals surface area contributed by atoms with E-state index in [0.29, 0.717) is 30.9 Å². The first-order chi connectivity index (χ1) is 9.13. The summed E-state index contributed by atoms with van der Waals surface area (Å²) in [6.45, 7) is 3.36. The quantitative estimate of drug-likeness (QED) is 0.662. The lowest BCUT2D eigenvalue weighted by Gasteiger charge is -2.09. The summed E-state index contributed by atoms with van der Waals surface area (Å²) in [5, 5.41) is 0. The number of pyridine rings is 1. The van der Waals surface area contributed by atoms with Crippen LogP contribution >= 0.6 is 15.9 Å². The van der Waals surface area contributed by atoms with Gasteiger partial charge in [-0.15, -0.1) is 0 Å². The second kappa shape index (κ2) is 6.12. The van der Waals surface area contributed by atoms with Gasteiger partial charge in [0.05, 0.1) is 12.1 Å². The van der Waals surface area contributed by atoms with Crippen LogP contribution in [0.1, 0.15) is 13.3 Å². The molecule has 102 valence electrons. The van der Waals surface area contributed by atoms with Gasteiger partial charge in [0.1, 0.15) is 0 Å². The molecular weight excluding hydrogens is 314 g/mol. The van der Waals surface area contributed by atoms with Gasteiger partial charge in [-0.25, -0.2) is 4.98 Å². The van der Waals surface area contributed by atoms with E-state index in [-0.39, 0.29) is 0 Å². The van der Waals surface area contributed by atoms with Crippen molar-refractivity contribution >= 4 is 27.1 Å². The summed E-state index contributed by atoms with van der Waals surface area (Å²) in [6, 6.07) is 1.75. The summed E-state index contributed by atoms with van der Waals surface area (Å²) in [5.41, 5.74) is -0.285. The third kappa shape index (κ3) is 3.10. The number of ether oxygens (including phenoxy) is 1. The van der Waals surface area contributed by atoms with Gasteiger partial charge in [0.25, 0.3) is 0 Å². The van der Waals surface area contributed by atoms with Gasteiger partial charge in [-0.3, -0.25) is 14.2 Å². The first-order valence-electron chi connectivity index (χ1n) is 5.99. The molecule has 0 bridgehead atoms. The summed E-state index contributed by atoms with van der Waals surface area (Å²) in [7, 11) is 0. The number of fused-ring (bicyclic) bond motifs is 1. The molecule has 0 aliphatic rings. The molecule has 0 amide bonds. The average molecular weight is 328 g/mol. The lowest BCUT2D eigenvalue weighted by atomic mass is 10.4. The maximum Gasteiger partial charge on any atom is 0.316 e. The number of hydrogen-bond acceptors (Lipinski definition) is 4. The Morgan fingerprint density at radius 2 is 2.21 bits per heavy atom. The van der Waals surface area contributed by atoms with E-state index in [1.807, 2.05) is 6.92 Å². The van der Waals surface area contributed by atoms with E-state index >= 15 is 0 Å². The van der Waals surface area contributed by atoms with E-state index in [1.54, 1.807) is 12.3 Å². The van der Waals surface area contributed by atoms with E-state index < -0.39 is 11.1 Å². The Kier molecular flexibility index (Phi) is 4.49. The molecule has 0 spiro atoms. The normalized spacial score (nSPS) is 11.1. The molecule has 7 heteroatoms. The first kappa shape index (κ1) is 14.0. The third-order valence-electron chi connectivity index (χ3n) is 2.60. The third-order valence-corrected chi connectivity index (χ3v) is 3.04. The molecule has 2 rings (SSSR count). The highest BCUT2D eigenvalue weighted by Crippen LogP contribution is 2.13. The minimum atomic E-state index is -0.669. The summed E-state index contributed by atoms with van der Waals surface area (Å²) in [4.78, 5) is 30.0. The van der Waals surface area contributed by atoms with Crippen molar-refractivity contribution in [1.82, 2.24) is 14.5 Å². The highest BCUT2D eigenvalue weighted by atomic mass is 79.9. The van der Waals surface area contributed by atoms with E-state index in [1.165, 1.54) is 4.57 Å². The summed E-state index contributed by atoms with van der Waals surface area (Å²) in [6.07, 6.45) is 2.48.